The first kappa shape index (κ1) is 28.2. The average Bonchev–Trinajstić information content (AvgIpc) is 2.97. The zero-order valence-corrected chi connectivity index (χ0v) is 22.5. The molecule has 0 aliphatic rings. The van der Waals surface area contributed by atoms with E-state index in [-0.39, 0.29) is 6.61 Å². The van der Waals surface area contributed by atoms with Crippen molar-refractivity contribution >= 4 is 41.0 Å². The van der Waals surface area contributed by atoms with Crippen LogP contribution in [-0.2, 0) is 4.74 Å². The zero-order chi connectivity index (χ0) is 28.3. The molecule has 2 atom stereocenters. The van der Waals surface area contributed by atoms with Crippen molar-refractivity contribution in [2.24, 2.45) is 0 Å². The summed E-state index contributed by atoms with van der Waals surface area (Å²) in [6, 6.07) is 29.7. The Morgan fingerprint density at radius 1 is 0.675 bits per heavy atom. The molecule has 4 aromatic rings. The number of nitrogens with one attached hydrogen (secondary N) is 4. The van der Waals surface area contributed by atoms with Crippen molar-refractivity contribution in [3.05, 3.63) is 131 Å². The van der Waals surface area contributed by atoms with E-state index in [2.05, 4.69) is 21.3 Å². The minimum absolute atomic E-state index is 0.245. The van der Waals surface area contributed by atoms with Crippen LogP contribution in [0, 0.1) is 0 Å². The molecule has 0 aliphatic carbocycles. The number of hydrogen-bond acceptors (Lipinski definition) is 4. The number of esters is 1. The summed E-state index contributed by atoms with van der Waals surface area (Å²) in [6.45, 7) is 1.97. The topological polar surface area (TPSA) is 109 Å². The molecule has 0 unspecified atom stereocenters. The third-order valence-electron chi connectivity index (χ3n) is 5.96. The standard InChI is InChI=1S/C31H29ClN4O4/c1-2-40-29(37)23-14-9-15-26(20-23)34-31(39)36-28(22-12-7-4-8-13-22)27(21-10-5-3-6-11-21)35-30(38)33-25-18-16-24(32)17-19-25/h3-20,27-28H,2H2,1H3,(H2,33,35,38)(H2,34,36,39)/t27-,28+/m0/s1. The number of rotatable bonds is 9. The van der Waals surface area contributed by atoms with E-state index in [9.17, 15) is 14.4 Å². The first-order chi connectivity index (χ1) is 19.4. The van der Waals surface area contributed by atoms with Crippen LogP contribution in [0.25, 0.3) is 0 Å². The molecule has 4 N–H and O–H groups in total. The summed E-state index contributed by atoms with van der Waals surface area (Å²) < 4.78 is 5.06. The van der Waals surface area contributed by atoms with E-state index >= 15 is 0 Å². The van der Waals surface area contributed by atoms with Gasteiger partial charge in [0, 0.05) is 16.4 Å². The summed E-state index contributed by atoms with van der Waals surface area (Å²) in [6.07, 6.45) is 0. The lowest BCUT2D eigenvalue weighted by molar-refractivity contribution is 0.0526. The molecule has 204 valence electrons. The van der Waals surface area contributed by atoms with Gasteiger partial charge < -0.3 is 26.0 Å². The summed E-state index contributed by atoms with van der Waals surface area (Å²) in [5.74, 6) is -0.478. The van der Waals surface area contributed by atoms with Crippen LogP contribution in [0.2, 0.25) is 5.02 Å². The summed E-state index contributed by atoms with van der Waals surface area (Å²) >= 11 is 5.97. The van der Waals surface area contributed by atoms with E-state index < -0.39 is 30.1 Å². The van der Waals surface area contributed by atoms with Crippen molar-refractivity contribution in [2.75, 3.05) is 17.2 Å². The van der Waals surface area contributed by atoms with Gasteiger partial charge in [0.25, 0.3) is 0 Å². The highest BCUT2D eigenvalue weighted by Crippen LogP contribution is 2.29. The maximum absolute atomic E-state index is 13.3. The Morgan fingerprint density at radius 3 is 1.73 bits per heavy atom. The van der Waals surface area contributed by atoms with Crippen LogP contribution in [0.5, 0.6) is 0 Å². The molecule has 0 fully saturated rings. The van der Waals surface area contributed by atoms with Gasteiger partial charge in [0.2, 0.25) is 0 Å². The molecule has 40 heavy (non-hydrogen) atoms. The first-order valence-corrected chi connectivity index (χ1v) is 13.1. The quantitative estimate of drug-likeness (QED) is 0.167. The number of carbonyl (C=O) groups is 3. The number of halogens is 1. The second-order valence-corrected chi connectivity index (χ2v) is 9.22. The molecule has 0 bridgehead atoms. The second-order valence-electron chi connectivity index (χ2n) is 8.78. The van der Waals surface area contributed by atoms with Crippen LogP contribution in [-0.4, -0.2) is 24.6 Å². The summed E-state index contributed by atoms with van der Waals surface area (Å²) in [5.41, 5.74) is 2.87. The maximum Gasteiger partial charge on any atom is 0.338 e. The molecule has 0 radical (unpaired) electrons. The van der Waals surface area contributed by atoms with E-state index in [1.54, 1.807) is 55.5 Å². The van der Waals surface area contributed by atoms with E-state index in [0.717, 1.165) is 11.1 Å². The Morgan fingerprint density at radius 2 is 1.20 bits per heavy atom. The highest BCUT2D eigenvalue weighted by Gasteiger charge is 2.28. The van der Waals surface area contributed by atoms with Gasteiger partial charge >= 0.3 is 18.0 Å². The summed E-state index contributed by atoms with van der Waals surface area (Å²) in [7, 11) is 0. The molecule has 4 rings (SSSR count). The first-order valence-electron chi connectivity index (χ1n) is 12.7. The van der Waals surface area contributed by atoms with Crippen LogP contribution >= 0.6 is 11.6 Å². The lowest BCUT2D eigenvalue weighted by atomic mass is 9.93. The fourth-order valence-electron chi connectivity index (χ4n) is 4.13. The zero-order valence-electron chi connectivity index (χ0n) is 21.8. The third kappa shape index (κ3) is 7.85. The predicted molar refractivity (Wildman–Crippen MR) is 157 cm³/mol. The maximum atomic E-state index is 13.3. The molecular weight excluding hydrogens is 528 g/mol. The van der Waals surface area contributed by atoms with Gasteiger partial charge in [-0.2, -0.15) is 0 Å². The van der Waals surface area contributed by atoms with Gasteiger partial charge in [0.1, 0.15) is 0 Å². The number of carbonyl (C=O) groups excluding carboxylic acids is 3. The minimum Gasteiger partial charge on any atom is -0.462 e. The molecule has 4 amide bonds. The normalized spacial score (nSPS) is 11.9. The number of urea groups is 2. The fourth-order valence-corrected chi connectivity index (χ4v) is 4.25. The molecule has 0 saturated heterocycles. The molecule has 9 heteroatoms. The van der Waals surface area contributed by atoms with Crippen LogP contribution in [0.3, 0.4) is 0 Å². The number of ether oxygens (including phenoxy) is 1. The van der Waals surface area contributed by atoms with Gasteiger partial charge in [-0.15, -0.1) is 0 Å². The van der Waals surface area contributed by atoms with Crippen molar-refractivity contribution in [1.82, 2.24) is 10.6 Å². The van der Waals surface area contributed by atoms with Gasteiger partial charge in [-0.1, -0.05) is 78.3 Å². The fraction of sp³-hybridized carbons (Fsp3) is 0.129. The SMILES string of the molecule is CCOC(=O)c1cccc(NC(=O)N[C@H](c2ccccc2)[C@@H](NC(=O)Nc2ccc(Cl)cc2)c2ccccc2)c1. The van der Waals surface area contributed by atoms with Gasteiger partial charge in [0.05, 0.1) is 24.3 Å². The number of hydrogen-bond donors (Lipinski definition) is 4. The molecular formula is C31H29ClN4O4. The van der Waals surface area contributed by atoms with E-state index in [4.69, 9.17) is 16.3 Å². The van der Waals surface area contributed by atoms with E-state index in [1.807, 2.05) is 60.7 Å². The van der Waals surface area contributed by atoms with Crippen molar-refractivity contribution in [2.45, 2.75) is 19.0 Å². The largest absolute Gasteiger partial charge is 0.462 e. The molecule has 0 saturated carbocycles. The highest BCUT2D eigenvalue weighted by atomic mass is 35.5. The smallest absolute Gasteiger partial charge is 0.338 e. The Balaban J connectivity index is 1.59. The Bertz CT molecular complexity index is 1430. The van der Waals surface area contributed by atoms with Gasteiger partial charge in [0.15, 0.2) is 0 Å². The molecule has 0 heterocycles. The van der Waals surface area contributed by atoms with Crippen molar-refractivity contribution in [3.8, 4) is 0 Å². The Hall–Kier alpha value is -4.82. The van der Waals surface area contributed by atoms with Crippen LogP contribution in [0.15, 0.2) is 109 Å². The molecule has 4 aromatic carbocycles. The van der Waals surface area contributed by atoms with Crippen molar-refractivity contribution < 1.29 is 19.1 Å². The number of anilines is 2. The lowest BCUT2D eigenvalue weighted by Crippen LogP contribution is -2.43. The Labute approximate surface area is 237 Å². The highest BCUT2D eigenvalue weighted by molar-refractivity contribution is 6.30. The number of amides is 4. The van der Waals surface area contributed by atoms with E-state index in [1.165, 1.54) is 0 Å². The second kappa shape index (κ2) is 13.8. The molecule has 0 spiro atoms. The summed E-state index contributed by atoms with van der Waals surface area (Å²) in [5, 5.41) is 12.2. The molecule has 0 aromatic heterocycles. The van der Waals surface area contributed by atoms with Crippen molar-refractivity contribution in [3.63, 3.8) is 0 Å². The average molecular weight is 557 g/mol. The third-order valence-corrected chi connectivity index (χ3v) is 6.21. The lowest BCUT2D eigenvalue weighted by Gasteiger charge is -2.30. The van der Waals surface area contributed by atoms with Crippen LogP contribution in [0.1, 0.15) is 40.5 Å². The number of benzene rings is 4. The Kier molecular flexibility index (Phi) is 9.74. The van der Waals surface area contributed by atoms with Gasteiger partial charge in [-0.25, -0.2) is 14.4 Å². The predicted octanol–water partition coefficient (Wildman–Crippen LogP) is 6.94. The van der Waals surface area contributed by atoms with Gasteiger partial charge in [-0.3, -0.25) is 0 Å². The van der Waals surface area contributed by atoms with Crippen LogP contribution < -0.4 is 21.3 Å². The molecule has 8 nitrogen and oxygen atoms in total. The monoisotopic (exact) mass is 556 g/mol. The summed E-state index contributed by atoms with van der Waals surface area (Å²) in [4.78, 5) is 38.5. The molecule has 0 aliphatic heterocycles. The van der Waals surface area contributed by atoms with Crippen LogP contribution in [0.4, 0.5) is 21.0 Å². The van der Waals surface area contributed by atoms with Gasteiger partial charge in [-0.05, 0) is 60.5 Å². The van der Waals surface area contributed by atoms with Crippen molar-refractivity contribution in [1.29, 1.82) is 0 Å². The van der Waals surface area contributed by atoms with E-state index in [0.29, 0.717) is 22.0 Å². The minimum atomic E-state index is -0.659.